The van der Waals surface area contributed by atoms with E-state index in [2.05, 4.69) is 51.4 Å². The summed E-state index contributed by atoms with van der Waals surface area (Å²) in [6, 6.07) is 8.77. The molecule has 7 rings (SSSR count). The van der Waals surface area contributed by atoms with Gasteiger partial charge in [0, 0.05) is 31.6 Å². The zero-order chi connectivity index (χ0) is 21.7. The second-order valence-corrected chi connectivity index (χ2v) is 11.2. The summed E-state index contributed by atoms with van der Waals surface area (Å²) >= 11 is 0. The maximum absolute atomic E-state index is 13.1. The van der Waals surface area contributed by atoms with Gasteiger partial charge < -0.3 is 5.32 Å². The molecule has 5 aliphatic rings. The molecular formula is C27H34N4O. The first-order valence-corrected chi connectivity index (χ1v) is 12.4. The number of anilines is 1. The second kappa shape index (κ2) is 7.95. The maximum Gasteiger partial charge on any atom is 0.226 e. The van der Waals surface area contributed by atoms with E-state index >= 15 is 0 Å². The van der Waals surface area contributed by atoms with Crippen LogP contribution in [0.25, 0.3) is 0 Å². The Balaban J connectivity index is 1.12. The predicted octanol–water partition coefficient (Wildman–Crippen LogP) is 4.89. The number of nitrogens with zero attached hydrogens (tertiary/aromatic N) is 3. The first kappa shape index (κ1) is 20.3. The van der Waals surface area contributed by atoms with Gasteiger partial charge in [0.25, 0.3) is 0 Å². The van der Waals surface area contributed by atoms with E-state index in [1.165, 1.54) is 49.7 Å². The third kappa shape index (κ3) is 3.96. The molecular weight excluding hydrogens is 396 g/mol. The van der Waals surface area contributed by atoms with Crippen LogP contribution in [0.5, 0.6) is 0 Å². The van der Waals surface area contributed by atoms with Crippen molar-refractivity contribution in [3.8, 4) is 0 Å². The molecule has 0 spiro atoms. The molecule has 1 amide bonds. The number of hydrogen-bond donors (Lipinski definition) is 1. The molecule has 2 heterocycles. The van der Waals surface area contributed by atoms with Crippen molar-refractivity contribution in [1.29, 1.82) is 0 Å². The maximum atomic E-state index is 13.1. The Labute approximate surface area is 191 Å². The second-order valence-electron chi connectivity index (χ2n) is 11.2. The van der Waals surface area contributed by atoms with Crippen LogP contribution in [0.4, 0.5) is 5.82 Å². The first-order chi connectivity index (χ1) is 15.5. The molecule has 5 nitrogen and oxygen atoms in total. The monoisotopic (exact) mass is 430 g/mol. The van der Waals surface area contributed by atoms with E-state index in [1.807, 2.05) is 0 Å². The number of aromatic nitrogens is 2. The summed E-state index contributed by atoms with van der Waals surface area (Å²) in [7, 11) is 0. The number of hydrogen-bond acceptors (Lipinski definition) is 4. The molecule has 0 saturated heterocycles. The Hall–Kier alpha value is -2.27. The number of carbonyl (C=O) groups is 1. The molecule has 4 saturated carbocycles. The van der Waals surface area contributed by atoms with Crippen LogP contribution in [0, 0.1) is 30.1 Å². The van der Waals surface area contributed by atoms with E-state index in [0.717, 1.165) is 60.9 Å². The highest BCUT2D eigenvalue weighted by Gasteiger charge is 2.51. The van der Waals surface area contributed by atoms with Gasteiger partial charge in [-0.3, -0.25) is 9.69 Å². The third-order valence-corrected chi connectivity index (χ3v) is 8.57. The minimum absolute atomic E-state index is 0.162. The van der Waals surface area contributed by atoms with Crippen molar-refractivity contribution in [1.82, 2.24) is 14.9 Å². The molecule has 1 aromatic carbocycles. The van der Waals surface area contributed by atoms with E-state index in [9.17, 15) is 4.79 Å². The third-order valence-electron chi connectivity index (χ3n) is 8.57. The number of amides is 1. The molecule has 1 aliphatic heterocycles. The van der Waals surface area contributed by atoms with Gasteiger partial charge >= 0.3 is 0 Å². The molecule has 0 radical (unpaired) electrons. The van der Waals surface area contributed by atoms with Crippen molar-refractivity contribution in [3.05, 3.63) is 53.0 Å². The highest BCUT2D eigenvalue weighted by molar-refractivity contribution is 5.91. The lowest BCUT2D eigenvalue weighted by Crippen LogP contribution is -2.47. The van der Waals surface area contributed by atoms with Crippen LogP contribution in [0.3, 0.4) is 0 Å². The fourth-order valence-corrected chi connectivity index (χ4v) is 7.63. The van der Waals surface area contributed by atoms with Crippen LogP contribution in [0.2, 0.25) is 0 Å². The molecule has 2 aromatic rings. The van der Waals surface area contributed by atoms with Crippen molar-refractivity contribution in [2.45, 2.75) is 71.4 Å². The number of fused-ring (bicyclic) bond motifs is 1. The molecule has 0 unspecified atom stereocenters. The van der Waals surface area contributed by atoms with Crippen LogP contribution < -0.4 is 5.32 Å². The van der Waals surface area contributed by atoms with Gasteiger partial charge in [-0.15, -0.1) is 0 Å². The fourth-order valence-electron chi connectivity index (χ4n) is 7.63. The van der Waals surface area contributed by atoms with Crippen molar-refractivity contribution in [3.63, 3.8) is 0 Å². The van der Waals surface area contributed by atoms with Crippen molar-refractivity contribution in [2.24, 2.45) is 23.2 Å². The summed E-state index contributed by atoms with van der Waals surface area (Å²) in [6.45, 7) is 4.82. The lowest BCUT2D eigenvalue weighted by Gasteiger charge is -2.56. The van der Waals surface area contributed by atoms with E-state index in [0.29, 0.717) is 6.42 Å². The number of nitrogens with one attached hydrogen (secondary N) is 1. The summed E-state index contributed by atoms with van der Waals surface area (Å²) in [6.07, 6.45) is 11.2. The molecule has 1 aromatic heterocycles. The topological polar surface area (TPSA) is 58.1 Å². The van der Waals surface area contributed by atoms with E-state index < -0.39 is 0 Å². The van der Waals surface area contributed by atoms with Gasteiger partial charge in [-0.1, -0.05) is 29.8 Å². The zero-order valence-electron chi connectivity index (χ0n) is 19.1. The lowest BCUT2D eigenvalue weighted by atomic mass is 9.49. The predicted molar refractivity (Wildman–Crippen MR) is 125 cm³/mol. The van der Waals surface area contributed by atoms with E-state index in [-0.39, 0.29) is 11.3 Å². The Morgan fingerprint density at radius 1 is 1.06 bits per heavy atom. The van der Waals surface area contributed by atoms with Crippen LogP contribution in [0.15, 0.2) is 30.6 Å². The van der Waals surface area contributed by atoms with Crippen molar-refractivity contribution < 1.29 is 4.79 Å². The Bertz CT molecular complexity index is 980. The molecule has 32 heavy (non-hydrogen) atoms. The number of carbonyl (C=O) groups excluding carboxylic acids is 1. The lowest BCUT2D eigenvalue weighted by molar-refractivity contribution is -0.124. The summed E-state index contributed by atoms with van der Waals surface area (Å²) in [4.78, 5) is 24.6. The number of benzene rings is 1. The SMILES string of the molecule is Cc1ccc(CN2CCc3c(ncnc3NC(=O)CC34CC5CC(CC(C5)C3)C4)C2)cc1. The van der Waals surface area contributed by atoms with Crippen LogP contribution in [-0.4, -0.2) is 27.3 Å². The van der Waals surface area contributed by atoms with Gasteiger partial charge in [-0.2, -0.15) is 0 Å². The van der Waals surface area contributed by atoms with Gasteiger partial charge in [-0.25, -0.2) is 9.97 Å². The highest BCUT2D eigenvalue weighted by atomic mass is 16.1. The van der Waals surface area contributed by atoms with E-state index in [4.69, 9.17) is 0 Å². The van der Waals surface area contributed by atoms with E-state index in [1.54, 1.807) is 6.33 Å². The smallest absolute Gasteiger partial charge is 0.226 e. The molecule has 168 valence electrons. The van der Waals surface area contributed by atoms with Gasteiger partial charge in [-0.05, 0) is 80.6 Å². The molecule has 4 bridgehead atoms. The average Bonchev–Trinajstić information content (AvgIpc) is 2.74. The van der Waals surface area contributed by atoms with Crippen molar-refractivity contribution in [2.75, 3.05) is 11.9 Å². The minimum atomic E-state index is 0.162. The molecule has 1 N–H and O–H groups in total. The van der Waals surface area contributed by atoms with Gasteiger partial charge in [0.2, 0.25) is 5.91 Å². The standard InChI is InChI=1S/C27H34N4O/c1-18-2-4-19(5-3-18)15-31-7-6-23-24(16-31)28-17-29-26(23)30-25(32)14-27-11-20-8-21(12-27)10-22(9-20)13-27/h2-5,17,20-22H,6-16H2,1H3,(H,28,29,30,32). The number of rotatable bonds is 5. The fraction of sp³-hybridized carbons (Fsp3) is 0.593. The molecule has 5 heteroatoms. The summed E-state index contributed by atoms with van der Waals surface area (Å²) in [5.41, 5.74) is 5.07. The molecule has 4 aliphatic carbocycles. The normalized spacial score (nSPS) is 30.8. The largest absolute Gasteiger partial charge is 0.310 e. The van der Waals surface area contributed by atoms with Crippen LogP contribution >= 0.6 is 0 Å². The summed E-state index contributed by atoms with van der Waals surface area (Å²) in [5.74, 6) is 3.54. The highest BCUT2D eigenvalue weighted by Crippen LogP contribution is 2.61. The Morgan fingerprint density at radius 3 is 2.44 bits per heavy atom. The zero-order valence-corrected chi connectivity index (χ0v) is 19.1. The quantitative estimate of drug-likeness (QED) is 0.734. The van der Waals surface area contributed by atoms with Crippen molar-refractivity contribution >= 4 is 11.7 Å². The van der Waals surface area contributed by atoms with Crippen LogP contribution in [-0.2, 0) is 24.3 Å². The Kier molecular flexibility index (Phi) is 5.05. The first-order valence-electron chi connectivity index (χ1n) is 12.4. The summed E-state index contributed by atoms with van der Waals surface area (Å²) in [5, 5.41) is 3.21. The molecule has 4 fully saturated rings. The molecule has 0 atom stereocenters. The van der Waals surface area contributed by atoms with Crippen LogP contribution in [0.1, 0.15) is 67.3 Å². The Morgan fingerprint density at radius 2 is 1.75 bits per heavy atom. The van der Waals surface area contributed by atoms with Gasteiger partial charge in [0.15, 0.2) is 0 Å². The van der Waals surface area contributed by atoms with Gasteiger partial charge in [0.1, 0.15) is 12.1 Å². The van der Waals surface area contributed by atoms with Gasteiger partial charge in [0.05, 0.1) is 5.69 Å². The number of aryl methyl sites for hydroxylation is 1. The minimum Gasteiger partial charge on any atom is -0.310 e. The average molecular weight is 431 g/mol. The summed E-state index contributed by atoms with van der Waals surface area (Å²) < 4.78 is 0.